The van der Waals surface area contributed by atoms with Crippen molar-refractivity contribution >= 4 is 11.0 Å². The zero-order valence-electron chi connectivity index (χ0n) is 15.4. The van der Waals surface area contributed by atoms with Crippen LogP contribution in [0.3, 0.4) is 0 Å². The van der Waals surface area contributed by atoms with E-state index in [2.05, 4.69) is 23.8 Å². The molecule has 0 aliphatic heterocycles. The van der Waals surface area contributed by atoms with Gasteiger partial charge in [-0.15, -0.1) is 0 Å². The van der Waals surface area contributed by atoms with Crippen LogP contribution in [0.1, 0.15) is 64.9 Å². The second-order valence-electron chi connectivity index (χ2n) is 6.37. The summed E-state index contributed by atoms with van der Waals surface area (Å²) < 4.78 is 1.81. The number of hydrogen-bond donors (Lipinski definition) is 0. The van der Waals surface area contributed by atoms with Crippen LogP contribution < -0.4 is 10.6 Å². The summed E-state index contributed by atoms with van der Waals surface area (Å²) in [5.74, 6) is 0. The summed E-state index contributed by atoms with van der Waals surface area (Å²) >= 11 is 0. The Balaban J connectivity index is 2.21. The molecule has 4 heteroatoms. The maximum Gasteiger partial charge on any atom is 0.274 e. The lowest BCUT2D eigenvalue weighted by Crippen LogP contribution is -2.44. The number of hydrogen-bond acceptors (Lipinski definition) is 3. The van der Waals surface area contributed by atoms with Gasteiger partial charge in [0.2, 0.25) is 0 Å². The first-order valence-electron chi connectivity index (χ1n) is 9.47. The van der Waals surface area contributed by atoms with Gasteiger partial charge < -0.3 is 5.01 Å². The molecule has 0 aliphatic carbocycles. The smallest absolute Gasteiger partial charge is 0.274 e. The van der Waals surface area contributed by atoms with E-state index in [9.17, 15) is 4.79 Å². The highest BCUT2D eigenvalue weighted by Crippen LogP contribution is 2.13. The normalized spacial score (nSPS) is 11.1. The van der Waals surface area contributed by atoms with Crippen molar-refractivity contribution in [3.8, 4) is 0 Å². The summed E-state index contributed by atoms with van der Waals surface area (Å²) in [6, 6.07) is 5.95. The van der Waals surface area contributed by atoms with Gasteiger partial charge in [-0.3, -0.25) is 4.79 Å². The summed E-state index contributed by atoms with van der Waals surface area (Å²) in [5.41, 5.74) is 1.71. The fraction of sp³-hybridized carbons (Fsp3) is 0.600. The Morgan fingerprint density at radius 1 is 1.08 bits per heavy atom. The number of pyridine rings is 2. The lowest BCUT2D eigenvalue weighted by molar-refractivity contribution is 0.540. The van der Waals surface area contributed by atoms with E-state index in [4.69, 9.17) is 0 Å². The van der Waals surface area contributed by atoms with Crippen LogP contribution in [0, 0.1) is 0 Å². The van der Waals surface area contributed by atoms with Crippen LogP contribution in [-0.4, -0.2) is 22.7 Å². The van der Waals surface area contributed by atoms with E-state index in [1.54, 1.807) is 10.9 Å². The molecule has 0 aromatic carbocycles. The second-order valence-corrected chi connectivity index (χ2v) is 6.37. The summed E-state index contributed by atoms with van der Waals surface area (Å²) in [5, 5.41) is 3.19. The van der Waals surface area contributed by atoms with Crippen LogP contribution >= 0.6 is 0 Å². The zero-order chi connectivity index (χ0) is 17.4. The monoisotopic (exact) mass is 329 g/mol. The van der Waals surface area contributed by atoms with Gasteiger partial charge in [0, 0.05) is 30.2 Å². The van der Waals surface area contributed by atoms with Crippen molar-refractivity contribution < 1.29 is 0 Å². The van der Waals surface area contributed by atoms with Gasteiger partial charge in [-0.25, -0.2) is 9.66 Å². The number of aryl methyl sites for hydroxylation is 1. The van der Waals surface area contributed by atoms with E-state index in [1.165, 1.54) is 32.1 Å². The predicted octanol–water partition coefficient (Wildman–Crippen LogP) is 4.28. The standard InChI is InChI=1S/C20H31N3O/c1-4-7-8-9-10-11-15-22(6-3)23-19-18(13-12-14-21-19)16-17(5-2)20(23)24/h12-14,16H,4-11,15H2,1-3H3. The molecule has 2 aromatic heterocycles. The molecule has 4 nitrogen and oxygen atoms in total. The van der Waals surface area contributed by atoms with Gasteiger partial charge in [0.25, 0.3) is 5.56 Å². The van der Waals surface area contributed by atoms with Crippen LogP contribution in [0.25, 0.3) is 11.0 Å². The minimum Gasteiger partial charge on any atom is -0.308 e. The Hall–Kier alpha value is -1.84. The minimum absolute atomic E-state index is 0.0801. The molecule has 0 fully saturated rings. The second kappa shape index (κ2) is 9.45. The molecular weight excluding hydrogens is 298 g/mol. The molecular formula is C20H31N3O. The van der Waals surface area contributed by atoms with Crippen LogP contribution in [0.5, 0.6) is 0 Å². The molecule has 132 valence electrons. The van der Waals surface area contributed by atoms with E-state index >= 15 is 0 Å². The van der Waals surface area contributed by atoms with Gasteiger partial charge in [-0.05, 0) is 38.0 Å². The Morgan fingerprint density at radius 2 is 1.83 bits per heavy atom. The molecule has 2 heterocycles. The Bertz CT molecular complexity index is 693. The Labute approximate surface area is 145 Å². The van der Waals surface area contributed by atoms with E-state index in [0.29, 0.717) is 0 Å². The molecule has 0 N–H and O–H groups in total. The van der Waals surface area contributed by atoms with Crippen LogP contribution in [0.15, 0.2) is 29.2 Å². The lowest BCUT2D eigenvalue weighted by Gasteiger charge is -2.26. The number of nitrogens with zero attached hydrogens (tertiary/aromatic N) is 3. The molecule has 0 atom stereocenters. The van der Waals surface area contributed by atoms with Crippen molar-refractivity contribution in [2.45, 2.75) is 65.7 Å². The quantitative estimate of drug-likeness (QED) is 0.611. The zero-order valence-corrected chi connectivity index (χ0v) is 15.4. The van der Waals surface area contributed by atoms with Gasteiger partial charge in [-0.2, -0.15) is 0 Å². The molecule has 0 radical (unpaired) electrons. The van der Waals surface area contributed by atoms with E-state index in [1.807, 2.05) is 25.1 Å². The van der Waals surface area contributed by atoms with Crippen LogP contribution in [-0.2, 0) is 6.42 Å². The molecule has 0 unspecified atom stereocenters. The molecule has 24 heavy (non-hydrogen) atoms. The van der Waals surface area contributed by atoms with Gasteiger partial charge in [-0.1, -0.05) is 46.0 Å². The fourth-order valence-corrected chi connectivity index (χ4v) is 3.17. The minimum atomic E-state index is 0.0801. The molecule has 2 rings (SSSR count). The van der Waals surface area contributed by atoms with Crippen molar-refractivity contribution in [2.75, 3.05) is 18.1 Å². The van der Waals surface area contributed by atoms with Crippen molar-refractivity contribution in [3.05, 3.63) is 40.3 Å². The lowest BCUT2D eigenvalue weighted by atomic mass is 10.1. The average Bonchev–Trinajstić information content (AvgIpc) is 2.61. The summed E-state index contributed by atoms with van der Waals surface area (Å²) in [7, 11) is 0. The summed E-state index contributed by atoms with van der Waals surface area (Å²) in [4.78, 5) is 17.3. The molecule has 0 aliphatic rings. The highest BCUT2D eigenvalue weighted by molar-refractivity contribution is 5.75. The highest BCUT2D eigenvalue weighted by atomic mass is 16.1. The van der Waals surface area contributed by atoms with Crippen molar-refractivity contribution in [1.82, 2.24) is 9.66 Å². The molecule has 0 saturated heterocycles. The Morgan fingerprint density at radius 3 is 2.54 bits per heavy atom. The van der Waals surface area contributed by atoms with Gasteiger partial charge in [0.05, 0.1) is 0 Å². The topological polar surface area (TPSA) is 38.1 Å². The first-order chi connectivity index (χ1) is 11.7. The number of rotatable bonds is 10. The number of fused-ring (bicyclic) bond motifs is 1. The maximum absolute atomic E-state index is 12.9. The highest BCUT2D eigenvalue weighted by Gasteiger charge is 2.13. The summed E-state index contributed by atoms with van der Waals surface area (Å²) in [6.45, 7) is 8.10. The van der Waals surface area contributed by atoms with Gasteiger partial charge >= 0.3 is 0 Å². The first kappa shape index (κ1) is 18.5. The SMILES string of the molecule is CCCCCCCCN(CC)n1c(=O)c(CC)cc2cccnc21. The van der Waals surface area contributed by atoms with E-state index < -0.39 is 0 Å². The fourth-order valence-electron chi connectivity index (χ4n) is 3.17. The third kappa shape index (κ3) is 4.37. The average molecular weight is 329 g/mol. The van der Waals surface area contributed by atoms with Gasteiger partial charge in [0.15, 0.2) is 5.65 Å². The summed E-state index contributed by atoms with van der Waals surface area (Å²) in [6.07, 6.45) is 10.1. The van der Waals surface area contributed by atoms with Crippen LogP contribution in [0.2, 0.25) is 0 Å². The Kier molecular flexibility index (Phi) is 7.29. The molecule has 0 bridgehead atoms. The van der Waals surface area contributed by atoms with Crippen molar-refractivity contribution in [1.29, 1.82) is 0 Å². The molecule has 0 spiro atoms. The number of unbranched alkanes of at least 4 members (excludes halogenated alkanes) is 5. The first-order valence-corrected chi connectivity index (χ1v) is 9.47. The van der Waals surface area contributed by atoms with Gasteiger partial charge in [0.1, 0.15) is 0 Å². The number of aromatic nitrogens is 2. The molecule has 0 amide bonds. The third-order valence-corrected chi connectivity index (χ3v) is 4.61. The molecule has 0 saturated carbocycles. The van der Waals surface area contributed by atoms with E-state index in [-0.39, 0.29) is 5.56 Å². The van der Waals surface area contributed by atoms with Crippen LogP contribution in [0.4, 0.5) is 0 Å². The third-order valence-electron chi connectivity index (χ3n) is 4.61. The maximum atomic E-state index is 12.9. The van der Waals surface area contributed by atoms with Crippen molar-refractivity contribution in [2.24, 2.45) is 0 Å². The predicted molar refractivity (Wildman–Crippen MR) is 102 cm³/mol. The largest absolute Gasteiger partial charge is 0.308 e. The van der Waals surface area contributed by atoms with Crippen molar-refractivity contribution in [3.63, 3.8) is 0 Å². The van der Waals surface area contributed by atoms with E-state index in [0.717, 1.165) is 42.5 Å². The molecule has 2 aromatic rings.